The molecule has 0 aliphatic carbocycles. The normalized spacial score (nSPS) is 16.5. The quantitative estimate of drug-likeness (QED) is 0.737. The number of hydrogen-bond acceptors (Lipinski definition) is 5. The largest absolute Gasteiger partial charge is 0.469 e. The third kappa shape index (κ3) is 5.34. The van der Waals surface area contributed by atoms with Crippen molar-refractivity contribution in [2.75, 3.05) is 25.6 Å². The van der Waals surface area contributed by atoms with Gasteiger partial charge in [-0.1, -0.05) is 12.1 Å². The van der Waals surface area contributed by atoms with E-state index in [4.69, 9.17) is 4.74 Å². The summed E-state index contributed by atoms with van der Waals surface area (Å²) < 4.78 is 9.97. The number of methoxy groups -OCH3 is 1. The molecule has 1 saturated heterocycles. The molecule has 1 aliphatic rings. The van der Waals surface area contributed by atoms with Gasteiger partial charge in [0.15, 0.2) is 0 Å². The van der Waals surface area contributed by atoms with Crippen LogP contribution in [-0.2, 0) is 19.1 Å². The third-order valence-corrected chi connectivity index (χ3v) is 3.74. The van der Waals surface area contributed by atoms with Gasteiger partial charge in [0.2, 0.25) is 5.91 Å². The van der Waals surface area contributed by atoms with Crippen molar-refractivity contribution in [2.45, 2.75) is 31.8 Å². The Kier molecular flexibility index (Phi) is 6.74. The molecule has 1 fully saturated rings. The highest BCUT2D eigenvalue weighted by Crippen LogP contribution is 2.16. The number of rotatable bonds is 7. The lowest BCUT2D eigenvalue weighted by molar-refractivity contribution is -0.141. The molecule has 2 N–H and O–H groups in total. The molecule has 0 aromatic heterocycles. The number of esters is 1. The van der Waals surface area contributed by atoms with Gasteiger partial charge in [-0.2, -0.15) is 0 Å². The lowest BCUT2D eigenvalue weighted by atomic mass is 10.1. The summed E-state index contributed by atoms with van der Waals surface area (Å²) in [7, 11) is 1.27. The van der Waals surface area contributed by atoms with Gasteiger partial charge in [-0.25, -0.2) is 0 Å². The van der Waals surface area contributed by atoms with E-state index in [9.17, 15) is 14.4 Å². The van der Waals surface area contributed by atoms with Crippen molar-refractivity contribution >= 4 is 23.5 Å². The van der Waals surface area contributed by atoms with E-state index in [0.29, 0.717) is 17.8 Å². The molecule has 24 heavy (non-hydrogen) atoms. The average molecular weight is 334 g/mol. The first-order chi connectivity index (χ1) is 11.6. The molecule has 2 rings (SSSR count). The third-order valence-electron chi connectivity index (χ3n) is 3.74. The molecule has 1 aromatic carbocycles. The van der Waals surface area contributed by atoms with E-state index in [0.717, 1.165) is 19.4 Å². The molecule has 130 valence electrons. The summed E-state index contributed by atoms with van der Waals surface area (Å²) in [6.45, 7) is 1.18. The predicted octanol–water partition coefficient (Wildman–Crippen LogP) is 1.49. The van der Waals surface area contributed by atoms with Gasteiger partial charge in [-0.15, -0.1) is 0 Å². The summed E-state index contributed by atoms with van der Waals surface area (Å²) in [5.41, 5.74) is 0.791. The zero-order valence-electron chi connectivity index (χ0n) is 13.7. The highest BCUT2D eigenvalue weighted by Gasteiger charge is 2.18. The maximum atomic E-state index is 12.3. The van der Waals surface area contributed by atoms with E-state index in [1.807, 2.05) is 0 Å². The first-order valence-electron chi connectivity index (χ1n) is 7.95. The van der Waals surface area contributed by atoms with Crippen molar-refractivity contribution in [3.63, 3.8) is 0 Å². The Hall–Kier alpha value is -2.41. The molecule has 1 aromatic rings. The molecule has 7 heteroatoms. The molecule has 0 saturated carbocycles. The number of amides is 2. The van der Waals surface area contributed by atoms with Crippen LogP contribution in [0.1, 0.15) is 36.0 Å². The standard InChI is InChI=1S/C17H22N2O5/c1-23-16(21)9-8-15(20)19-14-7-3-2-6-13(14)17(22)18-11-12-5-4-10-24-12/h2-3,6-7,12H,4-5,8-11H2,1H3,(H,18,22)(H,19,20)/t12-/m0/s1. The van der Waals surface area contributed by atoms with Crippen LogP contribution in [0.4, 0.5) is 5.69 Å². The Balaban J connectivity index is 1.91. The molecule has 0 spiro atoms. The van der Waals surface area contributed by atoms with E-state index < -0.39 is 5.97 Å². The number of nitrogens with one attached hydrogen (secondary N) is 2. The molecule has 0 radical (unpaired) electrons. The van der Waals surface area contributed by atoms with Crippen LogP contribution >= 0.6 is 0 Å². The Morgan fingerprint density at radius 2 is 2.04 bits per heavy atom. The van der Waals surface area contributed by atoms with Crippen molar-refractivity contribution in [1.29, 1.82) is 0 Å². The molecule has 7 nitrogen and oxygen atoms in total. The van der Waals surface area contributed by atoms with Gasteiger partial charge in [0.25, 0.3) is 5.91 Å². The predicted molar refractivity (Wildman–Crippen MR) is 87.6 cm³/mol. The Labute approximate surface area is 140 Å². The van der Waals surface area contributed by atoms with E-state index in [1.165, 1.54) is 7.11 Å². The van der Waals surface area contributed by atoms with Crippen LogP contribution in [-0.4, -0.2) is 44.1 Å². The summed E-state index contributed by atoms with van der Waals surface area (Å²) in [5, 5.41) is 5.48. The van der Waals surface area contributed by atoms with E-state index in [-0.39, 0.29) is 30.8 Å². The van der Waals surface area contributed by atoms with Crippen molar-refractivity contribution in [2.24, 2.45) is 0 Å². The van der Waals surface area contributed by atoms with E-state index in [2.05, 4.69) is 15.4 Å². The summed E-state index contributed by atoms with van der Waals surface area (Å²) >= 11 is 0. The van der Waals surface area contributed by atoms with Gasteiger partial charge < -0.3 is 20.1 Å². The molecule has 1 atom stereocenters. The van der Waals surface area contributed by atoms with Gasteiger partial charge >= 0.3 is 5.97 Å². The molecule has 0 unspecified atom stereocenters. The second kappa shape index (κ2) is 9.02. The number of ether oxygens (including phenoxy) is 2. The maximum Gasteiger partial charge on any atom is 0.306 e. The van der Waals surface area contributed by atoms with Crippen molar-refractivity contribution in [3.8, 4) is 0 Å². The van der Waals surface area contributed by atoms with Gasteiger partial charge in [0.05, 0.1) is 30.9 Å². The number of benzene rings is 1. The van der Waals surface area contributed by atoms with E-state index >= 15 is 0 Å². The fourth-order valence-electron chi connectivity index (χ4n) is 2.43. The molecular weight excluding hydrogens is 312 g/mol. The fraction of sp³-hybridized carbons (Fsp3) is 0.471. The molecule has 1 aliphatic heterocycles. The van der Waals surface area contributed by atoms with E-state index in [1.54, 1.807) is 24.3 Å². The van der Waals surface area contributed by atoms with Crippen LogP contribution in [0.2, 0.25) is 0 Å². The fourth-order valence-corrected chi connectivity index (χ4v) is 2.43. The maximum absolute atomic E-state index is 12.3. The number of anilines is 1. The minimum absolute atomic E-state index is 0.00145. The summed E-state index contributed by atoms with van der Waals surface area (Å²) in [4.78, 5) is 35.3. The SMILES string of the molecule is COC(=O)CCC(=O)Nc1ccccc1C(=O)NC[C@@H]1CCCO1. The van der Waals surface area contributed by atoms with Crippen molar-refractivity contribution in [1.82, 2.24) is 5.32 Å². The Morgan fingerprint density at radius 1 is 1.25 bits per heavy atom. The number of carbonyl (C=O) groups excluding carboxylic acids is 3. The van der Waals surface area contributed by atoms with Crippen LogP contribution in [0, 0.1) is 0 Å². The highest BCUT2D eigenvalue weighted by molar-refractivity contribution is 6.04. The first-order valence-corrected chi connectivity index (χ1v) is 7.95. The zero-order valence-corrected chi connectivity index (χ0v) is 13.7. The van der Waals surface area contributed by atoms with Gasteiger partial charge in [0.1, 0.15) is 0 Å². The topological polar surface area (TPSA) is 93.7 Å². The molecule has 2 amide bonds. The average Bonchev–Trinajstić information content (AvgIpc) is 3.11. The Bertz CT molecular complexity index is 596. The number of para-hydroxylation sites is 1. The second-order valence-electron chi connectivity index (χ2n) is 5.51. The number of carbonyl (C=O) groups is 3. The lowest BCUT2D eigenvalue weighted by Gasteiger charge is -2.13. The minimum Gasteiger partial charge on any atom is -0.469 e. The Morgan fingerprint density at radius 3 is 2.75 bits per heavy atom. The van der Waals surface area contributed by atoms with Crippen LogP contribution in [0.3, 0.4) is 0 Å². The van der Waals surface area contributed by atoms with Crippen molar-refractivity contribution in [3.05, 3.63) is 29.8 Å². The van der Waals surface area contributed by atoms with Crippen molar-refractivity contribution < 1.29 is 23.9 Å². The first kappa shape index (κ1) is 17.9. The van der Waals surface area contributed by atoms with Crippen LogP contribution < -0.4 is 10.6 Å². The molecule has 0 bridgehead atoms. The van der Waals surface area contributed by atoms with Gasteiger partial charge in [0, 0.05) is 19.6 Å². The zero-order chi connectivity index (χ0) is 17.4. The molecule has 1 heterocycles. The summed E-state index contributed by atoms with van der Waals surface area (Å²) in [6, 6.07) is 6.75. The summed E-state index contributed by atoms with van der Waals surface area (Å²) in [5.74, 6) is -1.07. The monoisotopic (exact) mass is 334 g/mol. The minimum atomic E-state index is -0.451. The van der Waals surface area contributed by atoms with Crippen LogP contribution in [0.5, 0.6) is 0 Å². The van der Waals surface area contributed by atoms with Gasteiger partial charge in [-0.3, -0.25) is 14.4 Å². The van der Waals surface area contributed by atoms with Crippen LogP contribution in [0.25, 0.3) is 0 Å². The lowest BCUT2D eigenvalue weighted by Crippen LogP contribution is -2.32. The molecular formula is C17H22N2O5. The van der Waals surface area contributed by atoms with Gasteiger partial charge in [-0.05, 0) is 25.0 Å². The smallest absolute Gasteiger partial charge is 0.306 e. The highest BCUT2D eigenvalue weighted by atomic mass is 16.5. The summed E-state index contributed by atoms with van der Waals surface area (Å²) in [6.07, 6.45) is 1.99. The number of hydrogen-bond donors (Lipinski definition) is 2. The second-order valence-corrected chi connectivity index (χ2v) is 5.51. The van der Waals surface area contributed by atoms with Crippen LogP contribution in [0.15, 0.2) is 24.3 Å².